The van der Waals surface area contributed by atoms with Gasteiger partial charge in [-0.2, -0.15) is 0 Å². The molecule has 0 bridgehead atoms. The highest BCUT2D eigenvalue weighted by Crippen LogP contribution is 2.38. The first-order valence-electron chi connectivity index (χ1n) is 8.59. The van der Waals surface area contributed by atoms with E-state index in [2.05, 4.69) is 17.0 Å². The molecule has 0 radical (unpaired) electrons. The molecule has 0 aromatic heterocycles. The summed E-state index contributed by atoms with van der Waals surface area (Å²) in [7, 11) is 3.17. The number of methoxy groups -OCH3 is 2. The van der Waals surface area contributed by atoms with Crippen molar-refractivity contribution in [2.75, 3.05) is 34.0 Å². The summed E-state index contributed by atoms with van der Waals surface area (Å²) in [4.78, 5) is 2.30. The summed E-state index contributed by atoms with van der Waals surface area (Å²) >= 11 is 6.35. The number of morpholine rings is 1. The van der Waals surface area contributed by atoms with Crippen LogP contribution in [0.25, 0.3) is 0 Å². The molecule has 1 aliphatic rings. The third-order valence-electron chi connectivity index (χ3n) is 4.66. The lowest BCUT2D eigenvalue weighted by Gasteiger charge is -2.41. The Hall–Kier alpha value is -1.79. The van der Waals surface area contributed by atoms with Crippen LogP contribution in [0.1, 0.15) is 17.2 Å². The number of hydrogen-bond acceptors (Lipinski definition) is 5. The molecule has 0 spiro atoms. The Morgan fingerprint density at radius 1 is 1.19 bits per heavy atom. The van der Waals surface area contributed by atoms with E-state index in [4.69, 9.17) is 25.8 Å². The van der Waals surface area contributed by atoms with Crippen molar-refractivity contribution < 1.29 is 19.3 Å². The molecule has 2 aromatic rings. The van der Waals surface area contributed by atoms with Crippen molar-refractivity contribution in [3.63, 3.8) is 0 Å². The van der Waals surface area contributed by atoms with Gasteiger partial charge in [0.05, 0.1) is 38.5 Å². The van der Waals surface area contributed by atoms with Crippen molar-refractivity contribution in [1.29, 1.82) is 0 Å². The fraction of sp³-hybridized carbons (Fsp3) is 0.400. The van der Waals surface area contributed by atoms with E-state index in [9.17, 15) is 5.11 Å². The number of hydrogen-bond donors (Lipinski definition) is 1. The molecule has 1 N–H and O–H groups in total. The molecule has 1 saturated heterocycles. The first-order chi connectivity index (χ1) is 12.7. The van der Waals surface area contributed by atoms with Gasteiger partial charge >= 0.3 is 0 Å². The Morgan fingerprint density at radius 2 is 1.96 bits per heavy atom. The number of halogens is 1. The van der Waals surface area contributed by atoms with E-state index in [1.165, 1.54) is 0 Å². The smallest absolute Gasteiger partial charge is 0.179 e. The van der Waals surface area contributed by atoms with E-state index in [-0.39, 0.29) is 18.8 Å². The van der Waals surface area contributed by atoms with Crippen LogP contribution in [0, 0.1) is 0 Å². The molecule has 140 valence electrons. The van der Waals surface area contributed by atoms with Crippen LogP contribution in [-0.2, 0) is 11.3 Å². The number of ether oxygens (including phenoxy) is 3. The van der Waals surface area contributed by atoms with E-state index in [1.54, 1.807) is 14.2 Å². The van der Waals surface area contributed by atoms with Crippen molar-refractivity contribution in [3.8, 4) is 11.5 Å². The van der Waals surface area contributed by atoms with Crippen LogP contribution in [0.4, 0.5) is 0 Å². The minimum absolute atomic E-state index is 0.0250. The number of rotatable bonds is 6. The van der Waals surface area contributed by atoms with Crippen LogP contribution >= 0.6 is 11.6 Å². The molecular formula is C20H24ClNO4. The summed E-state index contributed by atoms with van der Waals surface area (Å²) < 4.78 is 16.5. The largest absolute Gasteiger partial charge is 0.493 e. The van der Waals surface area contributed by atoms with Crippen molar-refractivity contribution in [3.05, 3.63) is 58.6 Å². The number of aliphatic hydroxyl groups is 1. The van der Waals surface area contributed by atoms with Gasteiger partial charge in [0, 0.05) is 13.1 Å². The third-order valence-corrected chi connectivity index (χ3v) is 4.94. The van der Waals surface area contributed by atoms with Gasteiger partial charge in [0.1, 0.15) is 6.10 Å². The predicted octanol–water partition coefficient (Wildman–Crippen LogP) is 3.29. The zero-order chi connectivity index (χ0) is 18.5. The van der Waals surface area contributed by atoms with Gasteiger partial charge in [0.25, 0.3) is 0 Å². The van der Waals surface area contributed by atoms with Gasteiger partial charge in [-0.15, -0.1) is 0 Å². The Labute approximate surface area is 159 Å². The minimum Gasteiger partial charge on any atom is -0.493 e. The summed E-state index contributed by atoms with van der Waals surface area (Å²) in [6.07, 6.45) is -0.262. The van der Waals surface area contributed by atoms with Crippen molar-refractivity contribution >= 4 is 11.6 Å². The molecule has 0 saturated carbocycles. The molecule has 0 unspecified atom stereocenters. The third kappa shape index (κ3) is 3.96. The van der Waals surface area contributed by atoms with Gasteiger partial charge < -0.3 is 19.3 Å². The Morgan fingerprint density at radius 3 is 2.62 bits per heavy atom. The summed E-state index contributed by atoms with van der Waals surface area (Å²) in [6, 6.07) is 13.9. The fourth-order valence-electron chi connectivity index (χ4n) is 3.49. The van der Waals surface area contributed by atoms with Crippen molar-refractivity contribution in [2.45, 2.75) is 18.7 Å². The molecule has 0 aliphatic carbocycles. The maximum Gasteiger partial charge on any atom is 0.179 e. The zero-order valence-corrected chi connectivity index (χ0v) is 15.8. The maximum absolute atomic E-state index is 9.79. The number of benzene rings is 2. The second kappa shape index (κ2) is 8.73. The molecule has 0 amide bonds. The van der Waals surface area contributed by atoms with Crippen molar-refractivity contribution in [2.24, 2.45) is 0 Å². The SMILES string of the molecule is COc1cc(CN2CCO[C@H](CO)[C@H]2c2ccccc2)cc(Cl)c1OC. The lowest BCUT2D eigenvalue weighted by atomic mass is 9.97. The number of nitrogens with zero attached hydrogens (tertiary/aromatic N) is 1. The van der Waals surface area contributed by atoms with Gasteiger partial charge in [0.2, 0.25) is 0 Å². The highest BCUT2D eigenvalue weighted by atomic mass is 35.5. The van der Waals surface area contributed by atoms with E-state index < -0.39 is 0 Å². The van der Waals surface area contributed by atoms with E-state index in [0.29, 0.717) is 29.7 Å². The molecule has 1 fully saturated rings. The molecule has 6 heteroatoms. The van der Waals surface area contributed by atoms with Crippen LogP contribution in [0.3, 0.4) is 0 Å². The van der Waals surface area contributed by atoms with Crippen LogP contribution in [0.15, 0.2) is 42.5 Å². The highest BCUT2D eigenvalue weighted by Gasteiger charge is 2.33. The Kier molecular flexibility index (Phi) is 6.38. The van der Waals surface area contributed by atoms with Crippen LogP contribution in [0.5, 0.6) is 11.5 Å². The van der Waals surface area contributed by atoms with Gasteiger partial charge in [-0.1, -0.05) is 41.9 Å². The first-order valence-corrected chi connectivity index (χ1v) is 8.97. The lowest BCUT2D eigenvalue weighted by molar-refractivity contribution is -0.0960. The average Bonchev–Trinajstić information content (AvgIpc) is 2.68. The Bertz CT molecular complexity index is 725. The lowest BCUT2D eigenvalue weighted by Crippen LogP contribution is -2.46. The molecule has 1 heterocycles. The second-order valence-electron chi connectivity index (χ2n) is 6.23. The Balaban J connectivity index is 1.90. The standard InChI is InChI=1S/C20H24ClNO4/c1-24-17-11-14(10-16(21)20(17)25-2)12-22-8-9-26-18(13-23)19(22)15-6-4-3-5-7-15/h3-7,10-11,18-19,23H,8-9,12-13H2,1-2H3/t18-,19-/m1/s1. The normalized spacial score (nSPS) is 20.8. The highest BCUT2D eigenvalue weighted by molar-refractivity contribution is 6.32. The number of aliphatic hydroxyl groups excluding tert-OH is 1. The average molecular weight is 378 g/mol. The van der Waals surface area contributed by atoms with Crippen molar-refractivity contribution in [1.82, 2.24) is 4.90 Å². The molecule has 1 aliphatic heterocycles. The van der Waals surface area contributed by atoms with Crippen LogP contribution in [0.2, 0.25) is 5.02 Å². The summed E-state index contributed by atoms with van der Waals surface area (Å²) in [6.45, 7) is 1.99. The predicted molar refractivity (Wildman–Crippen MR) is 101 cm³/mol. The topological polar surface area (TPSA) is 51.2 Å². The van der Waals surface area contributed by atoms with Crippen LogP contribution < -0.4 is 9.47 Å². The summed E-state index contributed by atoms with van der Waals surface area (Å²) in [5.74, 6) is 1.14. The molecular weight excluding hydrogens is 354 g/mol. The van der Waals surface area contributed by atoms with E-state index in [1.807, 2.05) is 30.3 Å². The van der Waals surface area contributed by atoms with Gasteiger partial charge in [-0.3, -0.25) is 4.90 Å². The first kappa shape index (κ1) is 19.0. The van der Waals surface area contributed by atoms with E-state index in [0.717, 1.165) is 17.7 Å². The fourth-order valence-corrected chi connectivity index (χ4v) is 3.80. The molecule has 2 atom stereocenters. The molecule has 26 heavy (non-hydrogen) atoms. The molecule has 2 aromatic carbocycles. The second-order valence-corrected chi connectivity index (χ2v) is 6.64. The zero-order valence-electron chi connectivity index (χ0n) is 15.0. The summed E-state index contributed by atoms with van der Waals surface area (Å²) in [5, 5.41) is 10.3. The minimum atomic E-state index is -0.262. The van der Waals surface area contributed by atoms with Gasteiger partial charge in [-0.25, -0.2) is 0 Å². The summed E-state index contributed by atoms with van der Waals surface area (Å²) in [5.41, 5.74) is 2.14. The molecule has 5 nitrogen and oxygen atoms in total. The maximum atomic E-state index is 9.79. The van der Waals surface area contributed by atoms with Gasteiger partial charge in [-0.05, 0) is 23.3 Å². The van der Waals surface area contributed by atoms with Crippen LogP contribution in [-0.4, -0.2) is 50.1 Å². The quantitative estimate of drug-likeness (QED) is 0.837. The van der Waals surface area contributed by atoms with E-state index >= 15 is 0 Å². The molecule has 3 rings (SSSR count). The van der Waals surface area contributed by atoms with Gasteiger partial charge in [0.15, 0.2) is 11.5 Å². The monoisotopic (exact) mass is 377 g/mol.